The van der Waals surface area contributed by atoms with Crippen LogP contribution in [0.4, 0.5) is 0 Å². The highest BCUT2D eigenvalue weighted by Crippen LogP contribution is 2.22. The Morgan fingerprint density at radius 1 is 1.64 bits per heavy atom. The van der Waals surface area contributed by atoms with Gasteiger partial charge in [0.05, 0.1) is 17.2 Å². The summed E-state index contributed by atoms with van der Waals surface area (Å²) in [6.45, 7) is 1.89. The summed E-state index contributed by atoms with van der Waals surface area (Å²) >= 11 is 4.13. The predicted molar refractivity (Wildman–Crippen MR) is 54.7 cm³/mol. The van der Waals surface area contributed by atoms with Crippen LogP contribution in [0, 0.1) is 11.3 Å². The van der Waals surface area contributed by atoms with Gasteiger partial charge in [-0.2, -0.15) is 5.26 Å². The van der Waals surface area contributed by atoms with E-state index in [4.69, 9.17) is 10.4 Å². The average molecular weight is 207 g/mol. The van der Waals surface area contributed by atoms with Crippen LogP contribution in [0.1, 0.15) is 28.4 Å². The van der Waals surface area contributed by atoms with Crippen LogP contribution in [0.3, 0.4) is 0 Å². The molecule has 72 valence electrons. The van der Waals surface area contributed by atoms with Crippen molar-refractivity contribution in [3.63, 3.8) is 0 Å². The normalized spacial score (nSPS) is 9.50. The van der Waals surface area contributed by atoms with Gasteiger partial charge in [0, 0.05) is 4.90 Å². The van der Waals surface area contributed by atoms with Crippen molar-refractivity contribution in [3.05, 3.63) is 28.8 Å². The van der Waals surface area contributed by atoms with Crippen molar-refractivity contribution in [1.29, 1.82) is 5.26 Å². The minimum Gasteiger partial charge on any atom is -0.478 e. The van der Waals surface area contributed by atoms with Gasteiger partial charge >= 0.3 is 5.97 Å². The topological polar surface area (TPSA) is 61.1 Å². The van der Waals surface area contributed by atoms with Gasteiger partial charge in [0.15, 0.2) is 0 Å². The number of aryl methyl sites for hydroxylation is 1. The molecule has 0 radical (unpaired) electrons. The second-order valence-corrected chi connectivity index (χ2v) is 3.25. The molecule has 0 atom stereocenters. The van der Waals surface area contributed by atoms with E-state index in [1.54, 1.807) is 6.07 Å². The molecule has 0 heterocycles. The van der Waals surface area contributed by atoms with E-state index in [0.29, 0.717) is 16.9 Å². The van der Waals surface area contributed by atoms with Crippen LogP contribution in [0.2, 0.25) is 0 Å². The predicted octanol–water partition coefficient (Wildman–Crippen LogP) is 2.11. The average Bonchev–Trinajstić information content (AvgIpc) is 2.17. The molecule has 4 heteroatoms. The zero-order valence-corrected chi connectivity index (χ0v) is 8.51. The fourth-order valence-electron chi connectivity index (χ4n) is 1.19. The van der Waals surface area contributed by atoms with E-state index in [2.05, 4.69) is 12.6 Å². The minimum absolute atomic E-state index is 0.0873. The largest absolute Gasteiger partial charge is 0.478 e. The standard InChI is InChI=1S/C10H9NO2S/c1-2-7-3-6(5-11)4-8(9(7)14)10(12)13/h3-4,14H,2H2,1H3,(H,12,13). The summed E-state index contributed by atoms with van der Waals surface area (Å²) in [5.74, 6) is -1.05. The fourth-order valence-corrected chi connectivity index (χ4v) is 1.57. The first-order valence-corrected chi connectivity index (χ1v) is 4.54. The molecular weight excluding hydrogens is 198 g/mol. The van der Waals surface area contributed by atoms with E-state index in [0.717, 1.165) is 5.56 Å². The fraction of sp³-hybridized carbons (Fsp3) is 0.200. The van der Waals surface area contributed by atoms with Gasteiger partial charge in [-0.05, 0) is 24.1 Å². The van der Waals surface area contributed by atoms with Crippen molar-refractivity contribution in [2.45, 2.75) is 18.2 Å². The molecule has 0 aliphatic carbocycles. The van der Waals surface area contributed by atoms with Crippen LogP contribution in [-0.4, -0.2) is 11.1 Å². The summed E-state index contributed by atoms with van der Waals surface area (Å²) in [6, 6.07) is 4.93. The van der Waals surface area contributed by atoms with Gasteiger partial charge < -0.3 is 5.11 Å². The number of hydrogen-bond acceptors (Lipinski definition) is 3. The van der Waals surface area contributed by atoms with Crippen molar-refractivity contribution in [3.8, 4) is 6.07 Å². The molecule has 1 rings (SSSR count). The van der Waals surface area contributed by atoms with Crippen molar-refractivity contribution in [1.82, 2.24) is 0 Å². The number of benzene rings is 1. The minimum atomic E-state index is -1.05. The summed E-state index contributed by atoms with van der Waals surface area (Å²) in [6.07, 6.45) is 0.661. The van der Waals surface area contributed by atoms with Gasteiger partial charge in [-0.15, -0.1) is 12.6 Å². The molecule has 0 amide bonds. The lowest BCUT2D eigenvalue weighted by Gasteiger charge is -2.06. The SMILES string of the molecule is CCc1cc(C#N)cc(C(=O)O)c1S. The molecule has 0 spiro atoms. The third kappa shape index (κ3) is 1.88. The molecule has 0 bridgehead atoms. The number of carboxylic acids is 1. The zero-order valence-electron chi connectivity index (χ0n) is 7.61. The Bertz CT molecular complexity index is 421. The Morgan fingerprint density at radius 2 is 2.29 bits per heavy atom. The Hall–Kier alpha value is -1.47. The van der Waals surface area contributed by atoms with E-state index in [1.165, 1.54) is 6.07 Å². The number of carbonyl (C=O) groups is 1. The van der Waals surface area contributed by atoms with Gasteiger partial charge in [0.1, 0.15) is 0 Å². The molecule has 0 saturated heterocycles. The van der Waals surface area contributed by atoms with E-state index in [1.807, 2.05) is 13.0 Å². The molecule has 0 aromatic heterocycles. The molecule has 3 nitrogen and oxygen atoms in total. The third-order valence-corrected chi connectivity index (χ3v) is 2.46. The molecule has 1 N–H and O–H groups in total. The Morgan fingerprint density at radius 3 is 2.71 bits per heavy atom. The highest BCUT2D eigenvalue weighted by Gasteiger charge is 2.12. The molecule has 0 aliphatic rings. The van der Waals surface area contributed by atoms with E-state index in [9.17, 15) is 4.79 Å². The highest BCUT2D eigenvalue weighted by molar-refractivity contribution is 7.80. The maximum absolute atomic E-state index is 10.8. The Balaban J connectivity index is 3.44. The number of aromatic carboxylic acids is 1. The number of thiol groups is 1. The zero-order chi connectivity index (χ0) is 10.7. The lowest BCUT2D eigenvalue weighted by molar-refractivity contribution is 0.0693. The monoisotopic (exact) mass is 207 g/mol. The van der Waals surface area contributed by atoms with Crippen LogP contribution >= 0.6 is 12.6 Å². The van der Waals surface area contributed by atoms with Gasteiger partial charge in [-0.25, -0.2) is 4.79 Å². The van der Waals surface area contributed by atoms with Gasteiger partial charge in [0.25, 0.3) is 0 Å². The number of carboxylic acid groups (broad SMARTS) is 1. The summed E-state index contributed by atoms with van der Waals surface area (Å²) in [5, 5.41) is 17.5. The summed E-state index contributed by atoms with van der Waals surface area (Å²) < 4.78 is 0. The van der Waals surface area contributed by atoms with Crippen LogP contribution in [-0.2, 0) is 6.42 Å². The quantitative estimate of drug-likeness (QED) is 0.730. The van der Waals surface area contributed by atoms with Gasteiger partial charge in [0.2, 0.25) is 0 Å². The molecule has 0 fully saturated rings. The molecule has 1 aromatic carbocycles. The van der Waals surface area contributed by atoms with Crippen LogP contribution in [0.5, 0.6) is 0 Å². The number of rotatable bonds is 2. The first-order chi connectivity index (χ1) is 6.60. The number of nitriles is 1. The summed E-state index contributed by atoms with van der Waals surface area (Å²) in [4.78, 5) is 11.2. The molecule has 0 saturated carbocycles. The molecule has 1 aromatic rings. The van der Waals surface area contributed by atoms with Crippen molar-refractivity contribution in [2.75, 3.05) is 0 Å². The van der Waals surface area contributed by atoms with Crippen molar-refractivity contribution < 1.29 is 9.90 Å². The van der Waals surface area contributed by atoms with Crippen molar-refractivity contribution in [2.24, 2.45) is 0 Å². The first kappa shape index (κ1) is 10.6. The lowest BCUT2D eigenvalue weighted by Crippen LogP contribution is -2.01. The second-order valence-electron chi connectivity index (χ2n) is 2.80. The van der Waals surface area contributed by atoms with Crippen molar-refractivity contribution >= 4 is 18.6 Å². The molecule has 0 aliphatic heterocycles. The maximum atomic E-state index is 10.8. The molecule has 0 unspecified atom stereocenters. The van der Waals surface area contributed by atoms with Crippen LogP contribution in [0.15, 0.2) is 17.0 Å². The Labute approximate surface area is 87.4 Å². The first-order valence-electron chi connectivity index (χ1n) is 4.09. The van der Waals surface area contributed by atoms with E-state index >= 15 is 0 Å². The smallest absolute Gasteiger partial charge is 0.336 e. The Kier molecular flexibility index (Phi) is 3.15. The highest BCUT2D eigenvalue weighted by atomic mass is 32.1. The van der Waals surface area contributed by atoms with E-state index < -0.39 is 5.97 Å². The second kappa shape index (κ2) is 4.16. The number of hydrogen-bond donors (Lipinski definition) is 2. The molecule has 14 heavy (non-hydrogen) atoms. The maximum Gasteiger partial charge on any atom is 0.336 e. The molecular formula is C10H9NO2S. The third-order valence-electron chi connectivity index (χ3n) is 1.93. The summed E-state index contributed by atoms with van der Waals surface area (Å²) in [5.41, 5.74) is 1.23. The van der Waals surface area contributed by atoms with Gasteiger partial charge in [-0.1, -0.05) is 6.92 Å². The lowest BCUT2D eigenvalue weighted by atomic mass is 10.0. The summed E-state index contributed by atoms with van der Waals surface area (Å²) in [7, 11) is 0. The van der Waals surface area contributed by atoms with Crippen LogP contribution in [0.25, 0.3) is 0 Å². The number of nitrogens with zero attached hydrogens (tertiary/aromatic N) is 1. The van der Waals surface area contributed by atoms with Gasteiger partial charge in [-0.3, -0.25) is 0 Å². The van der Waals surface area contributed by atoms with E-state index in [-0.39, 0.29) is 5.56 Å². The van der Waals surface area contributed by atoms with Crippen LogP contribution < -0.4 is 0 Å².